The standard InChI is InChI=1S/C20H23BrN2O4S/c1-5-17-20(24)23(4)16-10-15(21)19(11-18(16)27-17)28(25,26)22-14-8-6-13(7-9-14)12(2)3/h6-12,17,22H,5H2,1-4H3. The lowest BCUT2D eigenvalue weighted by Crippen LogP contribution is -2.43. The molecule has 0 saturated carbocycles. The third-order valence-electron chi connectivity index (χ3n) is 4.74. The second-order valence-corrected chi connectivity index (χ2v) is 9.55. The van der Waals surface area contributed by atoms with Crippen LogP contribution in [0.5, 0.6) is 5.75 Å². The smallest absolute Gasteiger partial charge is 0.267 e. The number of hydrogen-bond acceptors (Lipinski definition) is 4. The largest absolute Gasteiger partial charge is 0.478 e. The molecule has 2 aromatic carbocycles. The van der Waals surface area contributed by atoms with E-state index in [1.165, 1.54) is 11.0 Å². The summed E-state index contributed by atoms with van der Waals surface area (Å²) in [4.78, 5) is 13.8. The van der Waals surface area contributed by atoms with Crippen LogP contribution in [-0.2, 0) is 14.8 Å². The number of nitrogens with one attached hydrogen (secondary N) is 1. The number of hydrogen-bond donors (Lipinski definition) is 1. The number of carbonyl (C=O) groups excluding carboxylic acids is 1. The third kappa shape index (κ3) is 3.89. The van der Waals surface area contributed by atoms with Gasteiger partial charge in [-0.3, -0.25) is 9.52 Å². The lowest BCUT2D eigenvalue weighted by Gasteiger charge is -2.32. The van der Waals surface area contributed by atoms with Crippen LogP contribution in [0, 0.1) is 0 Å². The molecule has 3 rings (SSSR count). The lowest BCUT2D eigenvalue weighted by atomic mass is 10.0. The fraction of sp³-hybridized carbons (Fsp3) is 0.350. The van der Waals surface area contributed by atoms with E-state index in [4.69, 9.17) is 4.74 Å². The van der Waals surface area contributed by atoms with Gasteiger partial charge in [0.1, 0.15) is 10.6 Å². The van der Waals surface area contributed by atoms with Crippen molar-refractivity contribution < 1.29 is 17.9 Å². The van der Waals surface area contributed by atoms with E-state index in [2.05, 4.69) is 34.5 Å². The first kappa shape index (κ1) is 20.7. The number of amides is 1. The van der Waals surface area contributed by atoms with Crippen LogP contribution in [0.4, 0.5) is 11.4 Å². The summed E-state index contributed by atoms with van der Waals surface area (Å²) in [5, 5.41) is 0. The van der Waals surface area contributed by atoms with Crippen LogP contribution in [0.25, 0.3) is 0 Å². The number of anilines is 2. The van der Waals surface area contributed by atoms with E-state index in [0.29, 0.717) is 33.9 Å². The highest BCUT2D eigenvalue weighted by molar-refractivity contribution is 9.10. The van der Waals surface area contributed by atoms with Crippen LogP contribution in [0.1, 0.15) is 38.7 Å². The second kappa shape index (κ2) is 7.75. The van der Waals surface area contributed by atoms with Gasteiger partial charge in [0.15, 0.2) is 6.10 Å². The van der Waals surface area contributed by atoms with Gasteiger partial charge in [0, 0.05) is 23.3 Å². The molecule has 0 fully saturated rings. The van der Waals surface area contributed by atoms with E-state index in [9.17, 15) is 13.2 Å². The fourth-order valence-electron chi connectivity index (χ4n) is 3.03. The third-order valence-corrected chi connectivity index (χ3v) is 7.08. The minimum atomic E-state index is -3.85. The van der Waals surface area contributed by atoms with Crippen molar-refractivity contribution in [3.05, 3.63) is 46.4 Å². The molecule has 1 heterocycles. The molecular weight excluding hydrogens is 444 g/mol. The van der Waals surface area contributed by atoms with Crippen molar-refractivity contribution in [2.75, 3.05) is 16.7 Å². The zero-order valence-corrected chi connectivity index (χ0v) is 18.6. The summed E-state index contributed by atoms with van der Waals surface area (Å²) in [5.74, 6) is 0.581. The highest BCUT2D eigenvalue weighted by atomic mass is 79.9. The Hall–Kier alpha value is -2.06. The van der Waals surface area contributed by atoms with Gasteiger partial charge in [0.25, 0.3) is 15.9 Å². The number of fused-ring (bicyclic) bond motifs is 1. The molecule has 1 aliphatic heterocycles. The summed E-state index contributed by atoms with van der Waals surface area (Å²) in [7, 11) is -2.19. The molecule has 0 spiro atoms. The number of ether oxygens (including phenoxy) is 1. The van der Waals surface area contributed by atoms with E-state index in [1.807, 2.05) is 19.1 Å². The van der Waals surface area contributed by atoms with Crippen molar-refractivity contribution in [3.8, 4) is 5.75 Å². The molecule has 1 amide bonds. The van der Waals surface area contributed by atoms with Gasteiger partial charge in [-0.05, 0) is 52.0 Å². The van der Waals surface area contributed by atoms with Gasteiger partial charge in [-0.2, -0.15) is 0 Å². The first-order valence-electron chi connectivity index (χ1n) is 9.04. The van der Waals surface area contributed by atoms with Gasteiger partial charge in [0.2, 0.25) is 0 Å². The van der Waals surface area contributed by atoms with E-state index in [0.717, 1.165) is 5.56 Å². The molecule has 8 heteroatoms. The van der Waals surface area contributed by atoms with E-state index in [1.54, 1.807) is 25.2 Å². The normalized spacial score (nSPS) is 16.7. The summed E-state index contributed by atoms with van der Waals surface area (Å²) in [6.07, 6.45) is -0.118. The topological polar surface area (TPSA) is 75.7 Å². The van der Waals surface area contributed by atoms with Gasteiger partial charge in [-0.1, -0.05) is 32.9 Å². The van der Waals surface area contributed by atoms with Crippen LogP contribution in [0.3, 0.4) is 0 Å². The molecule has 1 N–H and O–H groups in total. The predicted octanol–water partition coefficient (Wildman–Crippen LogP) is 4.51. The predicted molar refractivity (Wildman–Crippen MR) is 114 cm³/mol. The Morgan fingerprint density at radius 3 is 2.43 bits per heavy atom. The number of benzene rings is 2. The van der Waals surface area contributed by atoms with Crippen molar-refractivity contribution >= 4 is 43.2 Å². The molecule has 150 valence electrons. The number of rotatable bonds is 5. The molecular formula is C20H23BrN2O4S. The van der Waals surface area contributed by atoms with Crippen molar-refractivity contribution in [2.45, 2.75) is 44.1 Å². The fourth-order valence-corrected chi connectivity index (χ4v) is 5.13. The van der Waals surface area contributed by atoms with Crippen molar-refractivity contribution in [2.24, 2.45) is 0 Å². The van der Waals surface area contributed by atoms with E-state index >= 15 is 0 Å². The molecule has 1 unspecified atom stereocenters. The number of halogens is 1. The van der Waals surface area contributed by atoms with E-state index < -0.39 is 16.1 Å². The van der Waals surface area contributed by atoms with Crippen LogP contribution < -0.4 is 14.4 Å². The molecule has 0 aromatic heterocycles. The van der Waals surface area contributed by atoms with Crippen molar-refractivity contribution in [1.82, 2.24) is 0 Å². The molecule has 1 atom stereocenters. The Bertz CT molecular complexity index is 1000. The van der Waals surface area contributed by atoms with Gasteiger partial charge < -0.3 is 9.64 Å². The minimum Gasteiger partial charge on any atom is -0.478 e. The Labute approximate surface area is 174 Å². The van der Waals surface area contributed by atoms with Crippen LogP contribution in [0.2, 0.25) is 0 Å². The van der Waals surface area contributed by atoms with E-state index in [-0.39, 0.29) is 10.8 Å². The maximum Gasteiger partial charge on any atom is 0.267 e. The molecule has 0 aliphatic carbocycles. The maximum atomic E-state index is 12.9. The minimum absolute atomic E-state index is 0.0526. The summed E-state index contributed by atoms with van der Waals surface area (Å²) in [5.41, 5.74) is 2.14. The number of carbonyl (C=O) groups is 1. The Balaban J connectivity index is 1.95. The van der Waals surface area contributed by atoms with Gasteiger partial charge >= 0.3 is 0 Å². The van der Waals surface area contributed by atoms with Crippen molar-refractivity contribution in [3.63, 3.8) is 0 Å². The molecule has 28 heavy (non-hydrogen) atoms. The van der Waals surface area contributed by atoms with Gasteiger partial charge in [-0.15, -0.1) is 0 Å². The lowest BCUT2D eigenvalue weighted by molar-refractivity contribution is -0.126. The maximum absolute atomic E-state index is 12.9. The molecule has 1 aliphatic rings. The zero-order valence-electron chi connectivity index (χ0n) is 16.2. The summed E-state index contributed by atoms with van der Waals surface area (Å²) in [6.45, 7) is 6.00. The molecule has 0 saturated heterocycles. The second-order valence-electron chi connectivity index (χ2n) is 7.04. The van der Waals surface area contributed by atoms with Crippen molar-refractivity contribution in [1.29, 1.82) is 0 Å². The van der Waals surface area contributed by atoms with Gasteiger partial charge in [0.05, 0.1) is 5.69 Å². The zero-order chi connectivity index (χ0) is 20.6. The Morgan fingerprint density at radius 1 is 1.21 bits per heavy atom. The molecule has 0 bridgehead atoms. The van der Waals surface area contributed by atoms with Crippen LogP contribution in [0.15, 0.2) is 45.8 Å². The highest BCUT2D eigenvalue weighted by Gasteiger charge is 2.33. The average molecular weight is 467 g/mol. The summed E-state index contributed by atoms with van der Waals surface area (Å²) in [6, 6.07) is 10.3. The number of likely N-dealkylation sites (N-methyl/N-ethyl adjacent to an activating group) is 1. The quantitative estimate of drug-likeness (QED) is 0.703. The molecule has 0 radical (unpaired) electrons. The van der Waals surface area contributed by atoms with Gasteiger partial charge in [-0.25, -0.2) is 8.42 Å². The summed E-state index contributed by atoms with van der Waals surface area (Å²) < 4.78 is 34.6. The highest BCUT2D eigenvalue weighted by Crippen LogP contribution is 2.40. The van der Waals surface area contributed by atoms with Crippen LogP contribution in [-0.4, -0.2) is 27.5 Å². The monoisotopic (exact) mass is 466 g/mol. The first-order valence-corrected chi connectivity index (χ1v) is 11.3. The first-order chi connectivity index (χ1) is 13.1. The average Bonchev–Trinajstić information content (AvgIpc) is 2.64. The van der Waals surface area contributed by atoms with Crippen LogP contribution >= 0.6 is 15.9 Å². The Kier molecular flexibility index (Phi) is 5.72. The SMILES string of the molecule is CCC1Oc2cc(S(=O)(=O)Nc3ccc(C(C)C)cc3)c(Br)cc2N(C)C1=O. The summed E-state index contributed by atoms with van der Waals surface area (Å²) >= 11 is 3.32. The number of nitrogens with zero attached hydrogens (tertiary/aromatic N) is 1. The molecule has 2 aromatic rings. The number of sulfonamides is 1. The molecule has 6 nitrogen and oxygen atoms in total. The Morgan fingerprint density at radius 2 is 1.86 bits per heavy atom.